The molecule has 0 bridgehead atoms. The van der Waals surface area contributed by atoms with Crippen molar-refractivity contribution in [1.82, 2.24) is 0 Å². The third kappa shape index (κ3) is 19.6. The molecule has 0 aromatic heterocycles. The van der Waals surface area contributed by atoms with Crippen molar-refractivity contribution >= 4 is 35.7 Å². The number of hydrogen-bond donors (Lipinski definition) is 0. The average Bonchev–Trinajstić information content (AvgIpc) is 1.37. The molecule has 0 aromatic carbocycles. The summed E-state index contributed by atoms with van der Waals surface area (Å²) in [5.41, 5.74) is 0. The fourth-order valence-corrected chi connectivity index (χ4v) is 0. The summed E-state index contributed by atoms with van der Waals surface area (Å²) in [5, 5.41) is 0. The molecule has 0 aliphatic carbocycles. The third-order valence-electron chi connectivity index (χ3n) is 0.250. The van der Waals surface area contributed by atoms with E-state index in [1.807, 2.05) is 0 Å². The van der Waals surface area contributed by atoms with Crippen molar-refractivity contribution in [2.24, 2.45) is 0 Å². The van der Waals surface area contributed by atoms with Crippen molar-refractivity contribution in [3.63, 3.8) is 0 Å². The molecule has 0 aliphatic rings. The van der Waals surface area contributed by atoms with Gasteiger partial charge in [-0.1, -0.05) is 6.92 Å². The molecule has 0 atom stereocenters. The van der Waals surface area contributed by atoms with E-state index in [4.69, 9.17) is 0 Å². The highest BCUT2D eigenvalue weighted by Crippen LogP contribution is 1.63. The van der Waals surface area contributed by atoms with Crippen molar-refractivity contribution in [3.05, 3.63) is 0 Å². The summed E-state index contributed by atoms with van der Waals surface area (Å²) in [6.45, 7) is 2.13. The van der Waals surface area contributed by atoms with E-state index in [-0.39, 0.29) is 28.5 Å². The zero-order chi connectivity index (χ0) is 3.41. The smallest absolute Gasteiger partial charge is 0.103 e. The van der Waals surface area contributed by atoms with Crippen molar-refractivity contribution in [2.45, 2.75) is 13.3 Å². The second-order valence-electron chi connectivity index (χ2n) is 0.750. The Morgan fingerprint density at radius 1 is 1.50 bits per heavy atom. The van der Waals surface area contributed by atoms with Crippen LogP contribution in [0.4, 0.5) is 0 Å². The number of rotatable bonds is 1. The molecule has 3 heteroatoms. The summed E-state index contributed by atoms with van der Waals surface area (Å²) in [6.07, 6.45) is 1.23. The molecule has 0 amide bonds. The summed E-state index contributed by atoms with van der Waals surface area (Å²) < 4.78 is 0. The molecule has 0 unspecified atom stereocenters. The highest BCUT2D eigenvalue weighted by Gasteiger charge is 1.64. The first kappa shape index (κ1) is 15.7. The van der Waals surface area contributed by atoms with E-state index < -0.39 is 0 Å². The van der Waals surface area contributed by atoms with Crippen LogP contribution < -0.4 is 0 Å². The van der Waals surface area contributed by atoms with E-state index in [0.29, 0.717) is 0 Å². The summed E-state index contributed by atoms with van der Waals surface area (Å²) >= 11 is 3.29. The predicted molar refractivity (Wildman–Crippen MR) is 33.0 cm³/mol. The summed E-state index contributed by atoms with van der Waals surface area (Å²) in [7, 11) is 0. The SMILES string of the molecule is CCC[SH2+].[Mg].[OH-]. The van der Waals surface area contributed by atoms with Gasteiger partial charge in [0.05, 0.1) is 0 Å². The van der Waals surface area contributed by atoms with Gasteiger partial charge in [-0.25, -0.2) is 0 Å². The summed E-state index contributed by atoms with van der Waals surface area (Å²) in [4.78, 5) is 0. The van der Waals surface area contributed by atoms with Gasteiger partial charge in [-0.2, -0.15) is 0 Å². The Balaban J connectivity index is -0.0000000450. The molecule has 0 saturated carbocycles. The molecule has 0 heterocycles. The molecule has 36 valence electrons. The Bertz CT molecular complexity index is 12.8. The highest BCUT2D eigenvalue weighted by atomic mass is 32.1. The molecule has 0 spiro atoms. The van der Waals surface area contributed by atoms with Gasteiger partial charge >= 0.3 is 0 Å². The summed E-state index contributed by atoms with van der Waals surface area (Å²) in [5.74, 6) is 1.12. The molecule has 0 rings (SSSR count). The first-order valence-corrected chi connectivity index (χ1v) is 2.27. The van der Waals surface area contributed by atoms with Crippen LogP contribution in [0, 0.1) is 0 Å². The normalized spacial score (nSPS) is 5.00. The lowest BCUT2D eigenvalue weighted by atomic mass is 10.6. The van der Waals surface area contributed by atoms with Gasteiger partial charge in [-0.05, 0) is 19.0 Å². The molecule has 0 fully saturated rings. The molecule has 0 saturated heterocycles. The zero-order valence-electron chi connectivity index (χ0n) is 4.07. The van der Waals surface area contributed by atoms with Crippen LogP contribution in [0.15, 0.2) is 0 Å². The maximum absolute atomic E-state index is 3.29. The fraction of sp³-hybridized carbons (Fsp3) is 1.00. The Morgan fingerprint density at radius 3 is 1.67 bits per heavy atom. The maximum atomic E-state index is 3.29. The van der Waals surface area contributed by atoms with E-state index in [2.05, 4.69) is 19.6 Å². The maximum Gasteiger partial charge on any atom is 0.103 e. The van der Waals surface area contributed by atoms with Gasteiger partial charge in [0.15, 0.2) is 0 Å². The minimum atomic E-state index is 0. The second-order valence-corrected chi connectivity index (χ2v) is 1.25. The Labute approximate surface area is 60.4 Å². The largest absolute Gasteiger partial charge is 0.870 e. The Morgan fingerprint density at radius 2 is 1.67 bits per heavy atom. The van der Waals surface area contributed by atoms with Crippen LogP contribution in [0.5, 0.6) is 0 Å². The van der Waals surface area contributed by atoms with Crippen LogP contribution in [-0.4, -0.2) is 34.3 Å². The Hall–Kier alpha value is 1.08. The van der Waals surface area contributed by atoms with Crippen molar-refractivity contribution in [2.75, 3.05) is 5.75 Å². The van der Waals surface area contributed by atoms with Crippen molar-refractivity contribution in [3.8, 4) is 0 Å². The molecular weight excluding hydrogens is 108 g/mol. The van der Waals surface area contributed by atoms with Crippen LogP contribution in [-0.2, 0) is 12.6 Å². The molecule has 0 aromatic rings. The van der Waals surface area contributed by atoms with Crippen LogP contribution in [0.3, 0.4) is 0 Å². The number of hydrogen-bond acceptors (Lipinski definition) is 1. The van der Waals surface area contributed by atoms with E-state index in [1.54, 1.807) is 0 Å². The first-order chi connectivity index (χ1) is 1.91. The lowest BCUT2D eigenvalue weighted by Gasteiger charge is -1.60. The van der Waals surface area contributed by atoms with Crippen molar-refractivity contribution in [1.29, 1.82) is 0 Å². The predicted octanol–water partition coefficient (Wildman–Crippen LogP) is -0.150. The monoisotopic (exact) mass is 118 g/mol. The highest BCUT2D eigenvalue weighted by molar-refractivity contribution is 7.58. The van der Waals surface area contributed by atoms with Crippen LogP contribution in [0.25, 0.3) is 0 Å². The molecule has 0 aliphatic heterocycles. The van der Waals surface area contributed by atoms with Gasteiger partial charge in [0.2, 0.25) is 0 Å². The molecule has 6 heavy (non-hydrogen) atoms. The first-order valence-electron chi connectivity index (χ1n) is 1.56. The minimum Gasteiger partial charge on any atom is -0.870 e. The van der Waals surface area contributed by atoms with Gasteiger partial charge in [-0.15, -0.1) is 0 Å². The van der Waals surface area contributed by atoms with E-state index in [1.165, 1.54) is 6.42 Å². The molecule has 1 nitrogen and oxygen atoms in total. The standard InChI is InChI=1S/C3H8S.Mg.H2O/c1-2-3-4;;/h4H,2-3H2,1H3;;1H2. The van der Waals surface area contributed by atoms with Gasteiger partial charge in [0, 0.05) is 23.1 Å². The van der Waals surface area contributed by atoms with Crippen LogP contribution in [0.2, 0.25) is 0 Å². The van der Waals surface area contributed by atoms with Gasteiger partial charge in [0.1, 0.15) is 5.75 Å². The average molecular weight is 118 g/mol. The Kier molecular flexibility index (Phi) is 43.4. The lowest BCUT2D eigenvalue weighted by Crippen LogP contribution is -1.64. The third-order valence-corrected chi connectivity index (χ3v) is 0.750. The van der Waals surface area contributed by atoms with E-state index in [0.717, 1.165) is 5.75 Å². The van der Waals surface area contributed by atoms with Crippen molar-refractivity contribution < 1.29 is 5.48 Å². The zero-order valence-corrected chi connectivity index (χ0v) is 6.48. The molecular formula is C3H10MgOS. The van der Waals surface area contributed by atoms with Gasteiger partial charge in [-0.3, -0.25) is 0 Å². The van der Waals surface area contributed by atoms with Gasteiger partial charge in [0.25, 0.3) is 0 Å². The quantitative estimate of drug-likeness (QED) is 0.348. The minimum absolute atomic E-state index is 0. The van der Waals surface area contributed by atoms with Crippen LogP contribution >= 0.6 is 0 Å². The topological polar surface area (TPSA) is 30.0 Å². The fourth-order valence-electron chi connectivity index (χ4n) is 0. The van der Waals surface area contributed by atoms with E-state index in [9.17, 15) is 0 Å². The summed E-state index contributed by atoms with van der Waals surface area (Å²) in [6, 6.07) is 0. The van der Waals surface area contributed by atoms with Gasteiger partial charge < -0.3 is 5.48 Å². The van der Waals surface area contributed by atoms with E-state index >= 15 is 0 Å². The lowest BCUT2D eigenvalue weighted by molar-refractivity contribution is 0.824. The second kappa shape index (κ2) is 16.5. The van der Waals surface area contributed by atoms with Crippen LogP contribution in [0.1, 0.15) is 13.3 Å². The molecule has 2 radical (unpaired) electrons. The molecule has 1 N–H and O–H groups in total.